The lowest BCUT2D eigenvalue weighted by atomic mass is 9.86. The molecule has 0 bridgehead atoms. The van der Waals surface area contributed by atoms with Crippen LogP contribution in [0.5, 0.6) is 0 Å². The number of aromatic amines is 1. The molecule has 1 aromatic carbocycles. The number of aromatic nitrogens is 1. The molecule has 3 rings (SSSR count). The summed E-state index contributed by atoms with van der Waals surface area (Å²) in [4.78, 5) is 16.2. The van der Waals surface area contributed by atoms with E-state index >= 15 is 0 Å². The number of allylic oxidation sites excluding steroid dienone is 1. The Morgan fingerprint density at radius 3 is 2.92 bits per heavy atom. The first-order valence-corrected chi connectivity index (χ1v) is 10.3. The zero-order valence-electron chi connectivity index (χ0n) is 15.8. The van der Waals surface area contributed by atoms with Crippen molar-refractivity contribution < 1.29 is 4.79 Å². The molecule has 140 valence electrons. The van der Waals surface area contributed by atoms with E-state index in [1.54, 1.807) is 0 Å². The molecule has 0 saturated heterocycles. The van der Waals surface area contributed by atoms with Crippen molar-refractivity contribution in [3.05, 3.63) is 40.0 Å². The first-order chi connectivity index (χ1) is 12.5. The number of hydrogen-bond donors (Lipinski definition) is 3. The van der Waals surface area contributed by atoms with Crippen LogP contribution in [0.2, 0.25) is 0 Å². The van der Waals surface area contributed by atoms with Crippen LogP contribution in [0.3, 0.4) is 0 Å². The maximum atomic E-state index is 12.8. The maximum absolute atomic E-state index is 12.8. The third kappa shape index (κ3) is 3.89. The molecule has 0 saturated carbocycles. The monoisotopic (exact) mass is 417 g/mol. The second-order valence-corrected chi connectivity index (χ2v) is 7.99. The molecule has 3 N–H and O–H groups in total. The van der Waals surface area contributed by atoms with E-state index in [1.807, 2.05) is 7.05 Å². The van der Waals surface area contributed by atoms with Crippen LogP contribution in [-0.4, -0.2) is 30.5 Å². The molecule has 1 heterocycles. The number of halogens is 1. The van der Waals surface area contributed by atoms with E-state index in [-0.39, 0.29) is 17.9 Å². The molecule has 1 aliphatic carbocycles. The van der Waals surface area contributed by atoms with Gasteiger partial charge in [0.2, 0.25) is 5.91 Å². The number of rotatable bonds is 7. The average molecular weight is 418 g/mol. The summed E-state index contributed by atoms with van der Waals surface area (Å²) >= 11 is 3.65. The lowest BCUT2D eigenvalue weighted by Gasteiger charge is -2.21. The zero-order chi connectivity index (χ0) is 18.7. The van der Waals surface area contributed by atoms with Crippen molar-refractivity contribution in [2.24, 2.45) is 5.92 Å². The topological polar surface area (TPSA) is 56.9 Å². The van der Waals surface area contributed by atoms with Crippen LogP contribution in [0.1, 0.15) is 44.2 Å². The SMILES string of the molecule is CCC[C@@H](C)NC(=O)C(/C=C1\CCc2c(Br)[nH]c3cccc1c23)CNC. The molecule has 0 radical (unpaired) electrons. The van der Waals surface area contributed by atoms with Crippen molar-refractivity contribution in [3.63, 3.8) is 0 Å². The largest absolute Gasteiger partial charge is 0.353 e. The van der Waals surface area contributed by atoms with Crippen LogP contribution in [0.25, 0.3) is 16.5 Å². The quantitative estimate of drug-likeness (QED) is 0.624. The molecule has 2 atom stereocenters. The number of hydrogen-bond acceptors (Lipinski definition) is 2. The molecule has 2 aromatic rings. The van der Waals surface area contributed by atoms with Crippen molar-refractivity contribution >= 4 is 38.3 Å². The number of aryl methyl sites for hydroxylation is 1. The van der Waals surface area contributed by atoms with Gasteiger partial charge in [-0.3, -0.25) is 4.79 Å². The van der Waals surface area contributed by atoms with Crippen molar-refractivity contribution in [2.45, 2.75) is 45.6 Å². The number of carbonyl (C=O) groups excluding carboxylic acids is 1. The van der Waals surface area contributed by atoms with Gasteiger partial charge in [-0.1, -0.05) is 31.6 Å². The smallest absolute Gasteiger partial charge is 0.228 e. The molecule has 1 aromatic heterocycles. The lowest BCUT2D eigenvalue weighted by molar-refractivity contribution is -0.124. The minimum atomic E-state index is -0.159. The van der Waals surface area contributed by atoms with E-state index in [4.69, 9.17) is 0 Å². The lowest BCUT2D eigenvalue weighted by Crippen LogP contribution is -2.40. The van der Waals surface area contributed by atoms with E-state index in [9.17, 15) is 4.79 Å². The van der Waals surface area contributed by atoms with Gasteiger partial charge in [-0.05, 0) is 71.9 Å². The van der Waals surface area contributed by atoms with Gasteiger partial charge in [-0.25, -0.2) is 0 Å². The van der Waals surface area contributed by atoms with Gasteiger partial charge in [0.25, 0.3) is 0 Å². The van der Waals surface area contributed by atoms with Crippen LogP contribution >= 0.6 is 15.9 Å². The second-order valence-electron chi connectivity index (χ2n) is 7.20. The summed E-state index contributed by atoms with van der Waals surface area (Å²) in [6, 6.07) is 6.58. The molecular weight excluding hydrogens is 390 g/mol. The van der Waals surface area contributed by atoms with Crippen molar-refractivity contribution in [1.82, 2.24) is 15.6 Å². The number of nitrogens with one attached hydrogen (secondary N) is 3. The molecule has 0 aliphatic heterocycles. The fourth-order valence-electron chi connectivity index (χ4n) is 3.90. The summed E-state index contributed by atoms with van der Waals surface area (Å²) in [6.45, 7) is 4.87. The summed E-state index contributed by atoms with van der Waals surface area (Å²) in [5.74, 6) is -0.0467. The average Bonchev–Trinajstić information content (AvgIpc) is 2.94. The fourth-order valence-corrected chi connectivity index (χ4v) is 4.51. The van der Waals surface area contributed by atoms with E-state index in [2.05, 4.69) is 69.7 Å². The number of benzene rings is 1. The second kappa shape index (κ2) is 8.40. The molecular formula is C21H28BrN3O. The van der Waals surface area contributed by atoms with Crippen LogP contribution in [-0.2, 0) is 11.2 Å². The van der Waals surface area contributed by atoms with Crippen molar-refractivity contribution in [3.8, 4) is 0 Å². The summed E-state index contributed by atoms with van der Waals surface area (Å²) in [5, 5.41) is 7.63. The normalized spacial score (nSPS) is 17.5. The highest BCUT2D eigenvalue weighted by atomic mass is 79.9. The molecule has 1 unspecified atom stereocenters. The highest BCUT2D eigenvalue weighted by Crippen LogP contribution is 2.40. The summed E-state index contributed by atoms with van der Waals surface area (Å²) in [7, 11) is 1.90. The minimum Gasteiger partial charge on any atom is -0.353 e. The maximum Gasteiger partial charge on any atom is 0.228 e. The Morgan fingerprint density at radius 1 is 1.38 bits per heavy atom. The van der Waals surface area contributed by atoms with Gasteiger partial charge < -0.3 is 15.6 Å². The third-order valence-electron chi connectivity index (χ3n) is 5.14. The number of amides is 1. The van der Waals surface area contributed by atoms with Gasteiger partial charge in [-0.2, -0.15) is 0 Å². The Balaban J connectivity index is 1.91. The Bertz CT molecular complexity index is 824. The molecule has 4 nitrogen and oxygen atoms in total. The minimum absolute atomic E-state index is 0.112. The van der Waals surface area contributed by atoms with E-state index in [0.717, 1.165) is 35.8 Å². The zero-order valence-corrected chi connectivity index (χ0v) is 17.4. The molecule has 1 aliphatic rings. The first-order valence-electron chi connectivity index (χ1n) is 9.50. The highest BCUT2D eigenvalue weighted by molar-refractivity contribution is 9.10. The number of H-pyrrole nitrogens is 1. The van der Waals surface area contributed by atoms with Crippen molar-refractivity contribution in [2.75, 3.05) is 13.6 Å². The van der Waals surface area contributed by atoms with Crippen LogP contribution in [0, 0.1) is 5.92 Å². The van der Waals surface area contributed by atoms with Crippen molar-refractivity contribution in [1.29, 1.82) is 0 Å². The molecule has 1 amide bonds. The Hall–Kier alpha value is -1.59. The van der Waals surface area contributed by atoms with Gasteiger partial charge in [0.1, 0.15) is 0 Å². The highest BCUT2D eigenvalue weighted by Gasteiger charge is 2.23. The standard InChI is InChI=1S/C21H28BrN3O/c1-4-6-13(2)24-21(26)15(12-23-3)11-14-9-10-17-19-16(14)7-5-8-18(19)25-20(17)22/h5,7-8,11,13,15,23,25H,4,6,9-10,12H2,1-3H3,(H,24,26)/b14-11+/t13-,15?/m1/s1. The van der Waals surface area contributed by atoms with E-state index < -0.39 is 0 Å². The van der Waals surface area contributed by atoms with E-state index in [1.165, 1.54) is 22.1 Å². The molecule has 0 fully saturated rings. The predicted octanol–water partition coefficient (Wildman–Crippen LogP) is 4.40. The van der Waals surface area contributed by atoms with Gasteiger partial charge in [0, 0.05) is 23.5 Å². The van der Waals surface area contributed by atoms with Crippen LogP contribution < -0.4 is 10.6 Å². The van der Waals surface area contributed by atoms with Gasteiger partial charge >= 0.3 is 0 Å². The van der Waals surface area contributed by atoms with Gasteiger partial charge in [-0.15, -0.1) is 0 Å². The predicted molar refractivity (Wildman–Crippen MR) is 112 cm³/mol. The summed E-state index contributed by atoms with van der Waals surface area (Å²) < 4.78 is 1.08. The van der Waals surface area contributed by atoms with E-state index in [0.29, 0.717) is 6.54 Å². The Labute approximate surface area is 163 Å². The van der Waals surface area contributed by atoms with Gasteiger partial charge in [0.15, 0.2) is 0 Å². The molecule has 0 spiro atoms. The van der Waals surface area contributed by atoms with Crippen LogP contribution in [0.15, 0.2) is 28.9 Å². The Morgan fingerprint density at radius 2 is 2.19 bits per heavy atom. The molecule has 5 heteroatoms. The fraction of sp³-hybridized carbons (Fsp3) is 0.476. The summed E-state index contributed by atoms with van der Waals surface area (Å²) in [6.07, 6.45) is 6.20. The molecule has 26 heavy (non-hydrogen) atoms. The Kier molecular flexibility index (Phi) is 6.20. The number of carbonyl (C=O) groups is 1. The van der Waals surface area contributed by atoms with Crippen LogP contribution in [0.4, 0.5) is 0 Å². The third-order valence-corrected chi connectivity index (χ3v) is 5.82. The van der Waals surface area contributed by atoms with Gasteiger partial charge in [0.05, 0.1) is 10.5 Å². The summed E-state index contributed by atoms with van der Waals surface area (Å²) in [5.41, 5.74) is 5.02. The first kappa shape index (κ1) is 19.2.